The van der Waals surface area contributed by atoms with Crippen LogP contribution < -0.4 is 0 Å². The van der Waals surface area contributed by atoms with Crippen LogP contribution in [0.5, 0.6) is 0 Å². The molecular weight excluding hydrogens is 425 g/mol. The highest BCUT2D eigenvalue weighted by molar-refractivity contribution is 5.96. The number of hydrogen-bond acceptors (Lipinski definition) is 4. The van der Waals surface area contributed by atoms with E-state index in [2.05, 4.69) is 6.58 Å². The molecule has 0 aliphatic carbocycles. The monoisotopic (exact) mass is 450 g/mol. The van der Waals surface area contributed by atoms with Gasteiger partial charge in [-0.1, -0.05) is 12.1 Å². The van der Waals surface area contributed by atoms with Crippen LogP contribution in [0.3, 0.4) is 0 Å². The van der Waals surface area contributed by atoms with Crippen molar-refractivity contribution in [3.05, 3.63) is 72.2 Å². The molecular formula is C23H25F3N2O4. The van der Waals surface area contributed by atoms with Crippen LogP contribution in [0.4, 0.5) is 13.2 Å². The second-order valence-corrected chi connectivity index (χ2v) is 7.54. The Balaban J connectivity index is 1.76. The largest absolute Gasteiger partial charge is 0.467 e. The first-order chi connectivity index (χ1) is 15.3. The van der Waals surface area contributed by atoms with Crippen molar-refractivity contribution in [2.24, 2.45) is 0 Å². The van der Waals surface area contributed by atoms with Gasteiger partial charge in [0.15, 0.2) is 0 Å². The van der Waals surface area contributed by atoms with Gasteiger partial charge in [-0.2, -0.15) is 13.2 Å². The first-order valence-corrected chi connectivity index (χ1v) is 10.3. The van der Waals surface area contributed by atoms with Gasteiger partial charge in [-0.25, -0.2) is 0 Å². The molecule has 0 bridgehead atoms. The number of halogens is 3. The number of alkyl halides is 3. The molecule has 3 rings (SSSR count). The van der Waals surface area contributed by atoms with Crippen molar-refractivity contribution in [1.82, 2.24) is 9.80 Å². The molecule has 1 aliphatic heterocycles. The van der Waals surface area contributed by atoms with E-state index in [1.54, 1.807) is 17.0 Å². The van der Waals surface area contributed by atoms with Gasteiger partial charge < -0.3 is 19.0 Å². The lowest BCUT2D eigenvalue weighted by Gasteiger charge is -2.28. The normalized spacial score (nSPS) is 16.0. The second-order valence-electron chi connectivity index (χ2n) is 7.54. The van der Waals surface area contributed by atoms with Gasteiger partial charge in [-0.15, -0.1) is 6.58 Å². The highest BCUT2D eigenvalue weighted by Crippen LogP contribution is 2.29. The number of furan rings is 1. The predicted molar refractivity (Wildman–Crippen MR) is 111 cm³/mol. The molecule has 32 heavy (non-hydrogen) atoms. The zero-order chi connectivity index (χ0) is 23.1. The number of benzene rings is 1. The summed E-state index contributed by atoms with van der Waals surface area (Å²) < 4.78 is 50.1. The summed E-state index contributed by atoms with van der Waals surface area (Å²) in [6.07, 6.45) is -0.0239. The lowest BCUT2D eigenvalue weighted by molar-refractivity contribution is -0.137. The van der Waals surface area contributed by atoms with Crippen molar-refractivity contribution in [1.29, 1.82) is 0 Å². The van der Waals surface area contributed by atoms with Gasteiger partial charge in [-0.05, 0) is 43.2 Å². The maximum absolute atomic E-state index is 13.1. The zero-order valence-corrected chi connectivity index (χ0v) is 17.5. The Hall–Kier alpha value is -3.07. The Morgan fingerprint density at radius 3 is 2.62 bits per heavy atom. The van der Waals surface area contributed by atoms with E-state index in [-0.39, 0.29) is 37.2 Å². The number of nitrogens with zero attached hydrogens (tertiary/aromatic N) is 2. The molecule has 0 radical (unpaired) electrons. The van der Waals surface area contributed by atoms with Crippen molar-refractivity contribution < 1.29 is 31.9 Å². The SMILES string of the molecule is C=CCN(CC(=O)N(Cc1ccco1)CC1CCCO1)C(=O)c1cccc(C(F)(F)F)c1. The van der Waals surface area contributed by atoms with Crippen LogP contribution in [0.1, 0.15) is 34.5 Å². The number of carbonyl (C=O) groups is 2. The average molecular weight is 450 g/mol. The number of rotatable bonds is 9. The smallest absolute Gasteiger partial charge is 0.416 e. The van der Waals surface area contributed by atoms with E-state index in [1.165, 1.54) is 29.4 Å². The van der Waals surface area contributed by atoms with Crippen molar-refractivity contribution in [2.75, 3.05) is 26.2 Å². The third kappa shape index (κ3) is 6.23. The van der Waals surface area contributed by atoms with Gasteiger partial charge in [-0.3, -0.25) is 9.59 Å². The second kappa shape index (κ2) is 10.5. The molecule has 1 aromatic heterocycles. The third-order valence-electron chi connectivity index (χ3n) is 5.13. The fraction of sp³-hybridized carbons (Fsp3) is 0.391. The van der Waals surface area contributed by atoms with Gasteiger partial charge in [0.2, 0.25) is 5.91 Å². The quantitative estimate of drug-likeness (QED) is 0.539. The van der Waals surface area contributed by atoms with Crippen LogP contribution in [0.15, 0.2) is 59.7 Å². The molecule has 1 aromatic carbocycles. The molecule has 2 amide bonds. The number of carbonyl (C=O) groups excluding carboxylic acids is 2. The summed E-state index contributed by atoms with van der Waals surface area (Å²) in [6, 6.07) is 7.61. The summed E-state index contributed by atoms with van der Waals surface area (Å²) in [7, 11) is 0. The van der Waals surface area contributed by atoms with Gasteiger partial charge in [0.05, 0.1) is 24.5 Å². The summed E-state index contributed by atoms with van der Waals surface area (Å²) >= 11 is 0. The summed E-state index contributed by atoms with van der Waals surface area (Å²) in [6.45, 7) is 4.46. The van der Waals surface area contributed by atoms with Gasteiger partial charge in [0, 0.05) is 25.3 Å². The first kappa shape index (κ1) is 23.6. The maximum Gasteiger partial charge on any atom is 0.416 e. The zero-order valence-electron chi connectivity index (χ0n) is 17.5. The lowest BCUT2D eigenvalue weighted by Crippen LogP contribution is -2.45. The summed E-state index contributed by atoms with van der Waals surface area (Å²) in [5, 5.41) is 0. The van der Waals surface area contributed by atoms with E-state index in [0.29, 0.717) is 18.9 Å². The molecule has 2 heterocycles. The van der Waals surface area contributed by atoms with Crippen molar-refractivity contribution in [3.8, 4) is 0 Å². The maximum atomic E-state index is 13.1. The standard InChI is InChI=1S/C23H25F3N2O4/c1-2-10-27(22(30)17-6-3-7-18(13-17)23(24,25)26)16-21(29)28(14-19-8-4-11-31-19)15-20-9-5-12-32-20/h2-4,6-8,11,13,20H,1,5,9-10,12,14-16H2. The van der Waals surface area contributed by atoms with E-state index < -0.39 is 17.6 Å². The minimum atomic E-state index is -4.57. The fourth-order valence-corrected chi connectivity index (χ4v) is 3.53. The van der Waals surface area contributed by atoms with E-state index in [0.717, 1.165) is 25.0 Å². The Labute approximate surface area is 184 Å². The summed E-state index contributed by atoms with van der Waals surface area (Å²) in [5.74, 6) is -0.464. The van der Waals surface area contributed by atoms with Crippen LogP contribution in [-0.4, -0.2) is 54.0 Å². The van der Waals surface area contributed by atoms with Gasteiger partial charge in [0.25, 0.3) is 5.91 Å². The van der Waals surface area contributed by atoms with Crippen molar-refractivity contribution in [3.63, 3.8) is 0 Å². The fourth-order valence-electron chi connectivity index (χ4n) is 3.53. The third-order valence-corrected chi connectivity index (χ3v) is 5.13. The highest BCUT2D eigenvalue weighted by Gasteiger charge is 2.32. The van der Waals surface area contributed by atoms with Crippen LogP contribution in [0.2, 0.25) is 0 Å². The molecule has 2 aromatic rings. The van der Waals surface area contributed by atoms with Crippen LogP contribution >= 0.6 is 0 Å². The molecule has 6 nitrogen and oxygen atoms in total. The van der Waals surface area contributed by atoms with Gasteiger partial charge >= 0.3 is 6.18 Å². The van der Waals surface area contributed by atoms with Gasteiger partial charge in [0.1, 0.15) is 12.3 Å². The Morgan fingerprint density at radius 2 is 2.00 bits per heavy atom. The first-order valence-electron chi connectivity index (χ1n) is 10.3. The molecule has 0 N–H and O–H groups in total. The number of amides is 2. The topological polar surface area (TPSA) is 63.0 Å². The predicted octanol–water partition coefficient (Wildman–Crippen LogP) is 4.13. The number of ether oxygens (including phenoxy) is 1. The molecule has 1 atom stereocenters. The summed E-state index contributed by atoms with van der Waals surface area (Å²) in [4.78, 5) is 28.8. The Bertz CT molecular complexity index is 922. The van der Waals surface area contributed by atoms with E-state index in [9.17, 15) is 22.8 Å². The molecule has 0 spiro atoms. The molecule has 0 saturated carbocycles. The van der Waals surface area contributed by atoms with Crippen LogP contribution in [-0.2, 0) is 22.3 Å². The average Bonchev–Trinajstić information content (AvgIpc) is 3.46. The Kier molecular flexibility index (Phi) is 7.74. The van der Waals surface area contributed by atoms with Crippen LogP contribution in [0.25, 0.3) is 0 Å². The number of hydrogen-bond donors (Lipinski definition) is 0. The molecule has 172 valence electrons. The minimum Gasteiger partial charge on any atom is -0.467 e. The van der Waals surface area contributed by atoms with E-state index >= 15 is 0 Å². The molecule has 1 unspecified atom stereocenters. The van der Waals surface area contributed by atoms with Crippen LogP contribution in [0, 0.1) is 0 Å². The summed E-state index contributed by atoms with van der Waals surface area (Å²) in [5.41, 5.74) is -1.07. The highest BCUT2D eigenvalue weighted by atomic mass is 19.4. The molecule has 1 aliphatic rings. The minimum absolute atomic E-state index is 0.00927. The molecule has 1 saturated heterocycles. The molecule has 1 fully saturated rings. The van der Waals surface area contributed by atoms with Crippen molar-refractivity contribution >= 4 is 11.8 Å². The van der Waals surface area contributed by atoms with E-state index in [1.807, 2.05) is 0 Å². The molecule has 9 heteroatoms. The Morgan fingerprint density at radius 1 is 1.19 bits per heavy atom. The van der Waals surface area contributed by atoms with E-state index in [4.69, 9.17) is 9.15 Å². The lowest BCUT2D eigenvalue weighted by atomic mass is 10.1. The van der Waals surface area contributed by atoms with Crippen molar-refractivity contribution in [2.45, 2.75) is 31.7 Å².